The molecule has 10 heteroatoms. The highest BCUT2D eigenvalue weighted by Gasteiger charge is 2.39. The number of hydrogen-bond donors (Lipinski definition) is 1. The Morgan fingerprint density at radius 3 is 2.89 bits per heavy atom. The van der Waals surface area contributed by atoms with Crippen LogP contribution >= 0.6 is 22.9 Å². The number of carbonyl (C=O) groups is 1. The molecule has 1 fully saturated rings. The van der Waals surface area contributed by atoms with E-state index in [1.807, 2.05) is 12.3 Å². The molecule has 0 aliphatic carbocycles. The average Bonchev–Trinajstić information content (AvgIpc) is 3.31. The summed E-state index contributed by atoms with van der Waals surface area (Å²) in [6.45, 7) is 2.65. The lowest BCUT2D eigenvalue weighted by Crippen LogP contribution is -2.46. The van der Waals surface area contributed by atoms with E-state index in [-0.39, 0.29) is 15.8 Å². The number of thiazole rings is 1. The summed E-state index contributed by atoms with van der Waals surface area (Å²) >= 11 is 7.64. The molecule has 1 aromatic heterocycles. The summed E-state index contributed by atoms with van der Waals surface area (Å²) in [6, 6.07) is 3.59. The minimum absolute atomic E-state index is 0.0518. The third kappa shape index (κ3) is 4.48. The molecule has 0 bridgehead atoms. The number of methoxy groups -OCH3 is 1. The van der Waals surface area contributed by atoms with Gasteiger partial charge in [-0.15, -0.1) is 11.3 Å². The number of amides is 1. The number of aryl methyl sites for hydroxylation is 1. The highest BCUT2D eigenvalue weighted by Crippen LogP contribution is 2.31. The van der Waals surface area contributed by atoms with E-state index < -0.39 is 16.1 Å². The van der Waals surface area contributed by atoms with Crippen molar-refractivity contribution in [2.45, 2.75) is 37.1 Å². The van der Waals surface area contributed by atoms with Gasteiger partial charge in [-0.25, -0.2) is 13.4 Å². The summed E-state index contributed by atoms with van der Waals surface area (Å²) in [5.41, 5.74) is 0.923. The first-order valence-electron chi connectivity index (χ1n) is 8.87. The van der Waals surface area contributed by atoms with Gasteiger partial charge < -0.3 is 10.1 Å². The third-order valence-electron chi connectivity index (χ3n) is 4.58. The number of nitrogens with zero attached hydrogens (tertiary/aromatic N) is 2. The summed E-state index contributed by atoms with van der Waals surface area (Å²) in [6.07, 6.45) is 1.74. The Hall–Kier alpha value is -1.68. The molecule has 0 spiro atoms. The number of carbonyl (C=O) groups excluding carboxylic acids is 1. The average molecular weight is 444 g/mol. The number of halogens is 1. The molecule has 0 radical (unpaired) electrons. The van der Waals surface area contributed by atoms with E-state index in [1.165, 1.54) is 29.6 Å². The minimum Gasteiger partial charge on any atom is -0.495 e. The van der Waals surface area contributed by atoms with Crippen molar-refractivity contribution >= 4 is 38.9 Å². The van der Waals surface area contributed by atoms with E-state index >= 15 is 0 Å². The van der Waals surface area contributed by atoms with Crippen LogP contribution < -0.4 is 10.1 Å². The predicted molar refractivity (Wildman–Crippen MR) is 108 cm³/mol. The minimum atomic E-state index is -3.83. The lowest BCUT2D eigenvalue weighted by atomic mass is 10.2. The summed E-state index contributed by atoms with van der Waals surface area (Å²) in [5, 5.41) is 5.99. The summed E-state index contributed by atoms with van der Waals surface area (Å²) in [7, 11) is -2.37. The van der Waals surface area contributed by atoms with E-state index in [2.05, 4.69) is 10.3 Å². The number of hydrogen-bond acceptors (Lipinski definition) is 6. The lowest BCUT2D eigenvalue weighted by molar-refractivity contribution is -0.124. The van der Waals surface area contributed by atoms with Gasteiger partial charge in [0.05, 0.1) is 27.7 Å². The Morgan fingerprint density at radius 2 is 2.25 bits per heavy atom. The van der Waals surface area contributed by atoms with E-state index in [4.69, 9.17) is 16.3 Å². The largest absolute Gasteiger partial charge is 0.495 e. The van der Waals surface area contributed by atoms with E-state index in [0.717, 1.165) is 10.7 Å². The maximum atomic E-state index is 13.0. The van der Waals surface area contributed by atoms with E-state index in [9.17, 15) is 13.2 Å². The zero-order valence-corrected chi connectivity index (χ0v) is 18.0. The Balaban J connectivity index is 1.68. The van der Waals surface area contributed by atoms with Crippen LogP contribution in [0.3, 0.4) is 0 Å². The summed E-state index contributed by atoms with van der Waals surface area (Å²) in [4.78, 5) is 17.0. The highest BCUT2D eigenvalue weighted by molar-refractivity contribution is 7.89. The lowest BCUT2D eigenvalue weighted by Gasteiger charge is -2.23. The van der Waals surface area contributed by atoms with Gasteiger partial charge in [0.25, 0.3) is 0 Å². The zero-order valence-electron chi connectivity index (χ0n) is 15.6. The first-order valence-corrected chi connectivity index (χ1v) is 11.6. The fourth-order valence-electron chi connectivity index (χ4n) is 3.19. The van der Waals surface area contributed by atoms with Crippen molar-refractivity contribution in [1.82, 2.24) is 14.6 Å². The normalized spacial score (nSPS) is 17.6. The molecule has 1 atom stereocenters. The molecule has 3 rings (SSSR count). The van der Waals surface area contributed by atoms with Gasteiger partial charge in [0.15, 0.2) is 0 Å². The molecule has 1 aliphatic heterocycles. The molecule has 2 aromatic rings. The fourth-order valence-corrected chi connectivity index (χ4v) is 5.84. The van der Waals surface area contributed by atoms with Crippen LogP contribution in [0.4, 0.5) is 0 Å². The molecule has 0 saturated carbocycles. The molecule has 28 heavy (non-hydrogen) atoms. The predicted octanol–water partition coefficient (Wildman–Crippen LogP) is 2.63. The molecule has 2 heterocycles. The molecule has 152 valence electrons. The van der Waals surface area contributed by atoms with Crippen LogP contribution in [0, 0.1) is 6.92 Å². The van der Waals surface area contributed by atoms with Gasteiger partial charge in [-0.05, 0) is 38.0 Å². The number of ether oxygens (including phenoxy) is 1. The fraction of sp³-hybridized carbons (Fsp3) is 0.444. The molecular weight excluding hydrogens is 422 g/mol. The quantitative estimate of drug-likeness (QED) is 0.710. The van der Waals surface area contributed by atoms with Crippen LogP contribution in [-0.4, -0.2) is 49.9 Å². The Kier molecular flexibility index (Phi) is 6.59. The van der Waals surface area contributed by atoms with Crippen LogP contribution in [0.25, 0.3) is 0 Å². The topological polar surface area (TPSA) is 88.6 Å². The molecule has 1 amide bonds. The van der Waals surface area contributed by atoms with Crippen LogP contribution in [-0.2, 0) is 21.2 Å². The summed E-state index contributed by atoms with van der Waals surface area (Å²) < 4.78 is 32.4. The van der Waals surface area contributed by atoms with Crippen LogP contribution in [0.1, 0.15) is 23.5 Å². The second-order valence-electron chi connectivity index (χ2n) is 6.47. The number of aromatic nitrogens is 1. The van der Waals surface area contributed by atoms with Crippen molar-refractivity contribution in [3.05, 3.63) is 39.3 Å². The van der Waals surface area contributed by atoms with Crippen molar-refractivity contribution in [3.63, 3.8) is 0 Å². The van der Waals surface area contributed by atoms with Gasteiger partial charge in [0.2, 0.25) is 15.9 Å². The standard InChI is InChI=1S/C18H22ClN3O4S2/c1-12-21-13(11-27-12)7-8-20-18(23)16-4-3-9-22(16)28(24,25)14-5-6-17(26-2)15(19)10-14/h5-6,10-11,16H,3-4,7-9H2,1-2H3,(H,20,23). The van der Waals surface area contributed by atoms with Crippen LogP contribution in [0.5, 0.6) is 5.75 Å². The van der Waals surface area contributed by atoms with E-state index in [1.54, 1.807) is 11.3 Å². The third-order valence-corrected chi connectivity index (χ3v) is 7.60. The molecule has 1 unspecified atom stereocenters. The Labute approximate surface area is 173 Å². The first kappa shape index (κ1) is 21.0. The Bertz CT molecular complexity index is 961. The van der Waals surface area contributed by atoms with Gasteiger partial charge in [-0.3, -0.25) is 4.79 Å². The molecule has 1 saturated heterocycles. The van der Waals surface area contributed by atoms with Gasteiger partial charge >= 0.3 is 0 Å². The maximum Gasteiger partial charge on any atom is 0.243 e. The van der Waals surface area contributed by atoms with Crippen molar-refractivity contribution < 1.29 is 17.9 Å². The van der Waals surface area contributed by atoms with Gasteiger partial charge in [-0.2, -0.15) is 4.31 Å². The molecular formula is C18H22ClN3O4S2. The highest BCUT2D eigenvalue weighted by atomic mass is 35.5. The molecule has 1 aliphatic rings. The van der Waals surface area contributed by atoms with E-state index in [0.29, 0.717) is 38.1 Å². The second-order valence-corrected chi connectivity index (χ2v) is 9.83. The number of benzene rings is 1. The van der Waals surface area contributed by atoms with Crippen LogP contribution in [0.15, 0.2) is 28.5 Å². The SMILES string of the molecule is COc1ccc(S(=O)(=O)N2CCCC2C(=O)NCCc2csc(C)n2)cc1Cl. The molecule has 7 nitrogen and oxygen atoms in total. The van der Waals surface area contributed by atoms with Crippen molar-refractivity contribution in [1.29, 1.82) is 0 Å². The smallest absolute Gasteiger partial charge is 0.243 e. The van der Waals surface area contributed by atoms with Crippen molar-refractivity contribution in [2.24, 2.45) is 0 Å². The summed E-state index contributed by atoms with van der Waals surface area (Å²) in [5.74, 6) is 0.112. The maximum absolute atomic E-state index is 13.0. The van der Waals surface area contributed by atoms with Gasteiger partial charge in [0.1, 0.15) is 11.8 Å². The van der Waals surface area contributed by atoms with Crippen molar-refractivity contribution in [2.75, 3.05) is 20.2 Å². The second kappa shape index (κ2) is 8.77. The first-order chi connectivity index (χ1) is 13.3. The van der Waals surface area contributed by atoms with Crippen molar-refractivity contribution in [3.8, 4) is 5.75 Å². The molecule has 1 aromatic carbocycles. The number of rotatable bonds is 7. The van der Waals surface area contributed by atoms with Gasteiger partial charge in [-0.1, -0.05) is 11.6 Å². The zero-order chi connectivity index (χ0) is 20.3. The Morgan fingerprint density at radius 1 is 1.46 bits per heavy atom. The molecule has 1 N–H and O–H groups in total. The van der Waals surface area contributed by atoms with Crippen LogP contribution in [0.2, 0.25) is 5.02 Å². The number of nitrogens with one attached hydrogen (secondary N) is 1. The monoisotopic (exact) mass is 443 g/mol. The van der Waals surface area contributed by atoms with Gasteiger partial charge in [0, 0.05) is 24.9 Å². The number of sulfonamides is 1.